The van der Waals surface area contributed by atoms with Gasteiger partial charge in [-0.05, 0) is 23.8 Å². The van der Waals surface area contributed by atoms with Crippen molar-refractivity contribution in [2.75, 3.05) is 0 Å². The topological polar surface area (TPSA) is 115 Å². The van der Waals surface area contributed by atoms with E-state index in [1.807, 2.05) is 0 Å². The summed E-state index contributed by atoms with van der Waals surface area (Å²) in [5.74, 6) is 0.0712. The smallest absolute Gasteiger partial charge is 0.290 e. The largest absolute Gasteiger partial charge is 0.483 e. The van der Waals surface area contributed by atoms with Crippen molar-refractivity contribution in [3.63, 3.8) is 0 Å². The molecule has 7 heteroatoms. The molecule has 0 aliphatic heterocycles. The maximum atomic E-state index is 8.36. The fourth-order valence-electron chi connectivity index (χ4n) is 2.80. The van der Waals surface area contributed by atoms with Gasteiger partial charge in [0.2, 0.25) is 5.13 Å². The first-order valence-corrected chi connectivity index (χ1v) is 8.02. The number of nitrogens with zero attached hydrogens (tertiary/aromatic N) is 2. The van der Waals surface area contributed by atoms with Gasteiger partial charge >= 0.3 is 0 Å². The number of thiazole rings is 1. The van der Waals surface area contributed by atoms with E-state index in [-0.39, 0.29) is 17.8 Å². The second-order valence-corrected chi connectivity index (χ2v) is 6.67. The minimum atomic E-state index is -0.250. The van der Waals surface area contributed by atoms with Crippen molar-refractivity contribution in [3.05, 3.63) is 46.5 Å². The van der Waals surface area contributed by atoms with Crippen LogP contribution < -0.4 is 11.5 Å². The first kappa shape index (κ1) is 17.0. The minimum absolute atomic E-state index is 0.0712. The highest BCUT2D eigenvalue weighted by atomic mass is 32.1. The number of carbonyl (C=O) groups is 1. The third-order valence-electron chi connectivity index (χ3n) is 3.92. The molecule has 0 saturated carbocycles. The van der Waals surface area contributed by atoms with Gasteiger partial charge in [0.25, 0.3) is 6.47 Å². The quantitative estimate of drug-likeness (QED) is 0.443. The van der Waals surface area contributed by atoms with Crippen LogP contribution in [-0.4, -0.2) is 22.5 Å². The molecule has 0 saturated heterocycles. The Kier molecular flexibility index (Phi) is 5.33. The summed E-state index contributed by atoms with van der Waals surface area (Å²) in [5, 5.41) is 7.56. The zero-order valence-electron chi connectivity index (χ0n) is 12.9. The molecule has 1 heterocycles. The van der Waals surface area contributed by atoms with Crippen LogP contribution in [0.5, 0.6) is 0 Å². The van der Waals surface area contributed by atoms with Crippen molar-refractivity contribution >= 4 is 28.9 Å². The van der Waals surface area contributed by atoms with Gasteiger partial charge in [-0.3, -0.25) is 4.79 Å². The molecule has 0 amide bonds. The number of aryl methyl sites for hydroxylation is 1. The SMILES string of the molecule is C[C@@]1(c2ccccc2)CCc2sc(N=C(N)N)nc2C1.O=CO. The number of carboxylic acid groups (broad SMARTS) is 1. The maximum Gasteiger partial charge on any atom is 0.290 e. The first-order valence-electron chi connectivity index (χ1n) is 7.20. The van der Waals surface area contributed by atoms with E-state index >= 15 is 0 Å². The summed E-state index contributed by atoms with van der Waals surface area (Å²) < 4.78 is 0. The summed E-state index contributed by atoms with van der Waals surface area (Å²) in [6, 6.07) is 10.7. The van der Waals surface area contributed by atoms with Gasteiger partial charge in [-0.15, -0.1) is 0 Å². The Bertz CT molecular complexity index is 695. The highest BCUT2D eigenvalue weighted by molar-refractivity contribution is 7.15. The van der Waals surface area contributed by atoms with Crippen molar-refractivity contribution in [2.45, 2.75) is 31.6 Å². The van der Waals surface area contributed by atoms with Gasteiger partial charge < -0.3 is 16.6 Å². The lowest BCUT2D eigenvalue weighted by atomic mass is 9.72. The molecule has 0 unspecified atom stereocenters. The first-order chi connectivity index (χ1) is 11.0. The number of benzene rings is 1. The summed E-state index contributed by atoms with van der Waals surface area (Å²) in [4.78, 5) is 18.3. The van der Waals surface area contributed by atoms with Gasteiger partial charge in [-0.25, -0.2) is 4.98 Å². The fraction of sp³-hybridized carbons (Fsp3) is 0.312. The molecule has 1 aromatic carbocycles. The highest BCUT2D eigenvalue weighted by Crippen LogP contribution is 2.41. The average Bonchev–Trinajstić information content (AvgIpc) is 2.89. The van der Waals surface area contributed by atoms with Crippen molar-refractivity contribution in [1.29, 1.82) is 0 Å². The number of fused-ring (bicyclic) bond motifs is 1. The summed E-state index contributed by atoms with van der Waals surface area (Å²) in [6.45, 7) is 2.06. The Balaban J connectivity index is 0.000000595. The predicted molar refractivity (Wildman–Crippen MR) is 92.1 cm³/mol. The highest BCUT2D eigenvalue weighted by Gasteiger charge is 2.33. The number of guanidine groups is 1. The number of hydrogen-bond donors (Lipinski definition) is 3. The summed E-state index contributed by atoms with van der Waals surface area (Å²) in [7, 11) is 0. The van der Waals surface area contributed by atoms with Crippen LogP contribution in [0.4, 0.5) is 5.13 Å². The molecule has 2 aromatic rings. The van der Waals surface area contributed by atoms with Gasteiger partial charge in [-0.1, -0.05) is 48.6 Å². The molecule has 0 spiro atoms. The van der Waals surface area contributed by atoms with Crippen LogP contribution in [0.25, 0.3) is 0 Å². The summed E-state index contributed by atoms with van der Waals surface area (Å²) in [5.41, 5.74) is 13.5. The van der Waals surface area contributed by atoms with Gasteiger partial charge in [0.05, 0.1) is 5.69 Å². The zero-order chi connectivity index (χ0) is 16.9. The molecule has 1 aliphatic rings. The molecular formula is C16H20N4O2S. The van der Waals surface area contributed by atoms with E-state index in [9.17, 15) is 0 Å². The Labute approximate surface area is 138 Å². The molecule has 0 radical (unpaired) electrons. The monoisotopic (exact) mass is 332 g/mol. The fourth-order valence-corrected chi connectivity index (χ4v) is 3.76. The molecule has 0 fully saturated rings. The van der Waals surface area contributed by atoms with Crippen molar-refractivity contribution in [3.8, 4) is 0 Å². The number of rotatable bonds is 2. The maximum absolute atomic E-state index is 8.36. The van der Waals surface area contributed by atoms with Crippen LogP contribution in [0.15, 0.2) is 35.3 Å². The van der Waals surface area contributed by atoms with Gasteiger partial charge in [-0.2, -0.15) is 4.99 Å². The molecule has 3 rings (SSSR count). The van der Waals surface area contributed by atoms with Crippen LogP contribution in [0.3, 0.4) is 0 Å². The van der Waals surface area contributed by atoms with Gasteiger partial charge in [0.1, 0.15) is 0 Å². The Morgan fingerprint density at radius 1 is 1.39 bits per heavy atom. The molecule has 6 nitrogen and oxygen atoms in total. The third kappa shape index (κ3) is 4.07. The van der Waals surface area contributed by atoms with E-state index in [0.717, 1.165) is 25.0 Å². The minimum Gasteiger partial charge on any atom is -0.483 e. The van der Waals surface area contributed by atoms with Gasteiger partial charge in [0.15, 0.2) is 5.96 Å². The van der Waals surface area contributed by atoms with E-state index in [1.54, 1.807) is 11.3 Å². The molecule has 5 N–H and O–H groups in total. The normalized spacial score (nSPS) is 19.0. The molecule has 122 valence electrons. The number of aromatic nitrogens is 1. The Hall–Kier alpha value is -2.41. The average molecular weight is 332 g/mol. The number of nitrogens with two attached hydrogens (primary N) is 2. The number of aliphatic imine (C=N–C) groups is 1. The second kappa shape index (κ2) is 7.23. The molecule has 23 heavy (non-hydrogen) atoms. The number of hydrogen-bond acceptors (Lipinski definition) is 4. The standard InChI is InChI=1S/C15H18N4S.CH2O2/c1-15(10-5-3-2-4-6-10)8-7-12-11(9-15)18-14(20-12)19-13(16)17;2-1-3/h2-6H,7-9H2,1H3,(H4,16,17,18,19);1H,(H,2,3)/t15-;/m1./s1. The molecule has 0 bridgehead atoms. The zero-order valence-corrected chi connectivity index (χ0v) is 13.7. The molecule has 1 atom stereocenters. The lowest BCUT2D eigenvalue weighted by molar-refractivity contribution is -0.122. The Morgan fingerprint density at radius 2 is 2.04 bits per heavy atom. The van der Waals surface area contributed by atoms with E-state index in [1.165, 1.54) is 10.4 Å². The van der Waals surface area contributed by atoms with Crippen LogP contribution in [0.2, 0.25) is 0 Å². The molecule has 1 aromatic heterocycles. The van der Waals surface area contributed by atoms with Crippen molar-refractivity contribution in [1.82, 2.24) is 4.98 Å². The lowest BCUT2D eigenvalue weighted by Gasteiger charge is -2.33. The van der Waals surface area contributed by atoms with Crippen LogP contribution in [0, 0.1) is 0 Å². The second-order valence-electron chi connectivity index (χ2n) is 5.61. The molecular weight excluding hydrogens is 312 g/mol. The van der Waals surface area contributed by atoms with E-state index < -0.39 is 0 Å². The summed E-state index contributed by atoms with van der Waals surface area (Å²) >= 11 is 1.60. The van der Waals surface area contributed by atoms with Crippen LogP contribution >= 0.6 is 11.3 Å². The van der Waals surface area contributed by atoms with Crippen LogP contribution in [-0.2, 0) is 23.1 Å². The Morgan fingerprint density at radius 3 is 2.65 bits per heavy atom. The van der Waals surface area contributed by atoms with Crippen molar-refractivity contribution < 1.29 is 9.90 Å². The van der Waals surface area contributed by atoms with Crippen LogP contribution in [0.1, 0.15) is 29.5 Å². The van der Waals surface area contributed by atoms with Gasteiger partial charge in [0, 0.05) is 11.3 Å². The van der Waals surface area contributed by atoms with E-state index in [2.05, 4.69) is 47.2 Å². The van der Waals surface area contributed by atoms with E-state index in [4.69, 9.17) is 21.4 Å². The van der Waals surface area contributed by atoms with E-state index in [0.29, 0.717) is 5.13 Å². The third-order valence-corrected chi connectivity index (χ3v) is 4.98. The molecule has 1 aliphatic carbocycles. The lowest BCUT2D eigenvalue weighted by Crippen LogP contribution is -2.29. The van der Waals surface area contributed by atoms with Crippen molar-refractivity contribution in [2.24, 2.45) is 16.5 Å². The summed E-state index contributed by atoms with van der Waals surface area (Å²) in [6.07, 6.45) is 3.12. The predicted octanol–water partition coefficient (Wildman–Crippen LogP) is 2.20.